The van der Waals surface area contributed by atoms with E-state index in [4.69, 9.17) is 0 Å². The van der Waals surface area contributed by atoms with E-state index in [1.54, 1.807) is 0 Å². The lowest BCUT2D eigenvalue weighted by Gasteiger charge is -2.07. The maximum absolute atomic E-state index is 11.6. The molecule has 0 saturated carbocycles. The molecule has 0 bridgehead atoms. The van der Waals surface area contributed by atoms with Crippen LogP contribution in [0.5, 0.6) is 0 Å². The molecule has 2 heterocycles. The van der Waals surface area contributed by atoms with Crippen molar-refractivity contribution in [3.63, 3.8) is 0 Å². The van der Waals surface area contributed by atoms with Crippen molar-refractivity contribution >= 4 is 39.4 Å². The lowest BCUT2D eigenvalue weighted by atomic mass is 10.2. The second-order valence-corrected chi connectivity index (χ2v) is 6.72. The summed E-state index contributed by atoms with van der Waals surface area (Å²) >= 11 is 1.39. The number of imidazole rings is 1. The molecule has 1 aliphatic rings. The van der Waals surface area contributed by atoms with Gasteiger partial charge < -0.3 is 4.98 Å². The number of aromatic amines is 1. The van der Waals surface area contributed by atoms with Crippen LogP contribution in [-0.4, -0.2) is 26.7 Å². The standard InChI is InChI=1S/C18H15N5OS/c1-11-6-8-12(9-7-11)22-23-16(18-21-15(24)10-25-18)17-19-13-4-2-3-5-14(13)20-17/h2-9,16H,10H2,1H3,(H,19,20)/t16-/m1/s1. The maximum Gasteiger partial charge on any atom is 0.256 e. The van der Waals surface area contributed by atoms with Gasteiger partial charge >= 0.3 is 0 Å². The van der Waals surface area contributed by atoms with Crippen molar-refractivity contribution in [1.29, 1.82) is 0 Å². The SMILES string of the molecule is Cc1ccc(N=N[C@@H](C2=NC(=O)CS2)c2nc3ccccc3[nH]2)cc1. The van der Waals surface area contributed by atoms with Crippen LogP contribution in [0.15, 0.2) is 63.8 Å². The molecule has 0 saturated heterocycles. The molecule has 0 spiro atoms. The molecule has 4 rings (SSSR count). The summed E-state index contributed by atoms with van der Waals surface area (Å²) in [7, 11) is 0. The van der Waals surface area contributed by atoms with Crippen molar-refractivity contribution in [1.82, 2.24) is 9.97 Å². The highest BCUT2D eigenvalue weighted by Crippen LogP contribution is 2.30. The van der Waals surface area contributed by atoms with Gasteiger partial charge in [-0.2, -0.15) is 10.2 Å². The van der Waals surface area contributed by atoms with E-state index in [1.165, 1.54) is 11.8 Å². The summed E-state index contributed by atoms with van der Waals surface area (Å²) in [6, 6.07) is 15.0. The zero-order chi connectivity index (χ0) is 17.2. The number of thioether (sulfide) groups is 1. The first kappa shape index (κ1) is 15.7. The van der Waals surface area contributed by atoms with Crippen LogP contribution in [0, 0.1) is 6.92 Å². The minimum Gasteiger partial charge on any atom is -0.340 e. The van der Waals surface area contributed by atoms with E-state index < -0.39 is 6.04 Å². The second-order valence-electron chi connectivity index (χ2n) is 5.73. The predicted octanol–water partition coefficient (Wildman–Crippen LogP) is 4.37. The van der Waals surface area contributed by atoms with Crippen LogP contribution in [0.25, 0.3) is 11.0 Å². The van der Waals surface area contributed by atoms with E-state index in [1.807, 2.05) is 55.5 Å². The number of benzene rings is 2. The quantitative estimate of drug-likeness (QED) is 0.710. The predicted molar refractivity (Wildman–Crippen MR) is 99.4 cm³/mol. The molecule has 0 radical (unpaired) electrons. The molecular formula is C18H15N5OS. The Morgan fingerprint density at radius 1 is 1.16 bits per heavy atom. The number of fused-ring (bicyclic) bond motifs is 1. The van der Waals surface area contributed by atoms with Gasteiger partial charge in [0.25, 0.3) is 5.91 Å². The Bertz CT molecular complexity index is 957. The van der Waals surface area contributed by atoms with Gasteiger partial charge in [0.15, 0.2) is 6.04 Å². The van der Waals surface area contributed by atoms with Gasteiger partial charge in [-0.25, -0.2) is 9.98 Å². The highest BCUT2D eigenvalue weighted by Gasteiger charge is 2.27. The number of rotatable bonds is 4. The van der Waals surface area contributed by atoms with Crippen LogP contribution in [0.2, 0.25) is 0 Å². The molecular weight excluding hydrogens is 334 g/mol. The van der Waals surface area contributed by atoms with Gasteiger partial charge in [0, 0.05) is 0 Å². The van der Waals surface area contributed by atoms with Gasteiger partial charge in [-0.1, -0.05) is 41.6 Å². The summed E-state index contributed by atoms with van der Waals surface area (Å²) in [6.07, 6.45) is 0. The Hall–Kier alpha value is -2.80. The lowest BCUT2D eigenvalue weighted by molar-refractivity contribution is -0.115. The van der Waals surface area contributed by atoms with E-state index in [9.17, 15) is 4.79 Å². The number of aromatic nitrogens is 2. The molecule has 124 valence electrons. The molecule has 6 nitrogen and oxygen atoms in total. The number of aliphatic imine (C=N–C) groups is 1. The van der Waals surface area contributed by atoms with Gasteiger partial charge in [0.1, 0.15) is 10.9 Å². The Morgan fingerprint density at radius 2 is 1.96 bits per heavy atom. The summed E-state index contributed by atoms with van der Waals surface area (Å²) in [4.78, 5) is 23.5. The van der Waals surface area contributed by atoms with E-state index >= 15 is 0 Å². The van der Waals surface area contributed by atoms with Gasteiger partial charge in [-0.15, -0.1) is 0 Å². The average Bonchev–Trinajstić information content (AvgIpc) is 3.23. The van der Waals surface area contributed by atoms with Crippen molar-refractivity contribution in [2.24, 2.45) is 15.2 Å². The number of carbonyl (C=O) groups excluding carboxylic acids is 1. The van der Waals surface area contributed by atoms with Crippen LogP contribution in [0.4, 0.5) is 5.69 Å². The summed E-state index contributed by atoms with van der Waals surface area (Å²) in [5.74, 6) is 0.830. The van der Waals surface area contributed by atoms with Crippen LogP contribution in [-0.2, 0) is 4.79 Å². The number of nitrogens with zero attached hydrogens (tertiary/aromatic N) is 4. The molecule has 0 fully saturated rings. The van der Waals surface area contributed by atoms with Gasteiger partial charge in [0.05, 0.1) is 22.5 Å². The van der Waals surface area contributed by atoms with Gasteiger partial charge in [0.2, 0.25) is 0 Å². The smallest absolute Gasteiger partial charge is 0.256 e. The fraction of sp³-hybridized carbons (Fsp3) is 0.167. The molecule has 1 aromatic heterocycles. The number of para-hydroxylation sites is 2. The van der Waals surface area contributed by atoms with Gasteiger partial charge in [-0.3, -0.25) is 4.79 Å². The largest absolute Gasteiger partial charge is 0.340 e. The number of azo groups is 1. The number of hydrogen-bond donors (Lipinski definition) is 1. The number of nitrogens with one attached hydrogen (secondary N) is 1. The van der Waals surface area contributed by atoms with Crippen molar-refractivity contribution < 1.29 is 4.79 Å². The minimum atomic E-state index is -0.509. The molecule has 1 atom stereocenters. The third kappa shape index (κ3) is 3.36. The van der Waals surface area contributed by atoms with Crippen LogP contribution < -0.4 is 0 Å². The van der Waals surface area contributed by atoms with Crippen LogP contribution >= 0.6 is 11.8 Å². The molecule has 25 heavy (non-hydrogen) atoms. The molecule has 1 aliphatic heterocycles. The summed E-state index contributed by atoms with van der Waals surface area (Å²) < 4.78 is 0. The Morgan fingerprint density at radius 3 is 2.68 bits per heavy atom. The van der Waals surface area contributed by atoms with Crippen LogP contribution in [0.1, 0.15) is 17.4 Å². The summed E-state index contributed by atoms with van der Waals surface area (Å²) in [6.45, 7) is 2.02. The molecule has 0 aliphatic carbocycles. The third-order valence-corrected chi connectivity index (χ3v) is 4.80. The first-order valence-corrected chi connectivity index (χ1v) is 8.84. The lowest BCUT2D eigenvalue weighted by Crippen LogP contribution is -2.06. The highest BCUT2D eigenvalue weighted by molar-refractivity contribution is 8.15. The zero-order valence-electron chi connectivity index (χ0n) is 13.5. The first-order valence-electron chi connectivity index (χ1n) is 7.85. The molecule has 1 N–H and O–H groups in total. The third-order valence-electron chi connectivity index (χ3n) is 3.80. The first-order chi connectivity index (χ1) is 12.2. The van der Waals surface area contributed by atoms with Crippen molar-refractivity contribution in [2.75, 3.05) is 5.75 Å². The molecule has 7 heteroatoms. The van der Waals surface area contributed by atoms with Gasteiger partial charge in [-0.05, 0) is 31.2 Å². The highest BCUT2D eigenvalue weighted by atomic mass is 32.2. The fourth-order valence-corrected chi connectivity index (χ4v) is 3.34. The van der Waals surface area contributed by atoms with Crippen LogP contribution in [0.3, 0.4) is 0 Å². The molecule has 1 amide bonds. The average molecular weight is 349 g/mol. The van der Waals surface area contributed by atoms with Crippen molar-refractivity contribution in [3.8, 4) is 0 Å². The number of amides is 1. The Balaban J connectivity index is 1.72. The number of H-pyrrole nitrogens is 1. The van der Waals surface area contributed by atoms with Crippen molar-refractivity contribution in [3.05, 3.63) is 59.9 Å². The Kier molecular flexibility index (Phi) is 4.15. The van der Waals surface area contributed by atoms with Crippen molar-refractivity contribution in [2.45, 2.75) is 13.0 Å². The summed E-state index contributed by atoms with van der Waals surface area (Å²) in [5, 5.41) is 9.38. The number of hydrogen-bond acceptors (Lipinski definition) is 5. The number of aryl methyl sites for hydroxylation is 1. The topological polar surface area (TPSA) is 82.8 Å². The monoisotopic (exact) mass is 349 g/mol. The van der Waals surface area contributed by atoms with E-state index in [0.29, 0.717) is 16.6 Å². The normalized spacial score (nSPS) is 15.9. The minimum absolute atomic E-state index is 0.147. The van der Waals surface area contributed by atoms with E-state index in [-0.39, 0.29) is 5.91 Å². The Labute approximate surface area is 148 Å². The second kappa shape index (κ2) is 6.60. The number of carbonyl (C=O) groups is 1. The molecule has 3 aromatic rings. The molecule has 2 aromatic carbocycles. The summed E-state index contributed by atoms with van der Waals surface area (Å²) in [5.41, 5.74) is 3.68. The molecule has 0 unspecified atom stereocenters. The maximum atomic E-state index is 11.6. The van der Waals surface area contributed by atoms with E-state index in [0.717, 1.165) is 22.3 Å². The fourth-order valence-electron chi connectivity index (χ4n) is 2.52. The zero-order valence-corrected chi connectivity index (χ0v) is 14.3. The van der Waals surface area contributed by atoms with E-state index in [2.05, 4.69) is 25.2 Å².